The van der Waals surface area contributed by atoms with E-state index in [2.05, 4.69) is 20.6 Å². The Kier molecular flexibility index (Phi) is 5.95. The van der Waals surface area contributed by atoms with E-state index in [0.717, 1.165) is 17.0 Å². The number of primary amides is 1. The highest BCUT2D eigenvalue weighted by atomic mass is 16.1. The molecule has 1 amide bonds. The third-order valence-electron chi connectivity index (χ3n) is 4.49. The number of nitrogens with two attached hydrogens (primary N) is 2. The van der Waals surface area contributed by atoms with Crippen LogP contribution in [0.5, 0.6) is 0 Å². The van der Waals surface area contributed by atoms with Crippen molar-refractivity contribution in [2.24, 2.45) is 11.5 Å². The molecule has 1 atom stereocenters. The SMILES string of the molecule is NCCC1=CC(CNC(c2ccccn2)c2ccccn2)(C(N)=O)NC=C1. The number of dihydropyridines is 1. The maximum atomic E-state index is 12.3. The van der Waals surface area contributed by atoms with Gasteiger partial charge in [-0.05, 0) is 61.2 Å². The van der Waals surface area contributed by atoms with Crippen molar-refractivity contribution in [3.8, 4) is 0 Å². The summed E-state index contributed by atoms with van der Waals surface area (Å²) in [5, 5.41) is 6.51. The summed E-state index contributed by atoms with van der Waals surface area (Å²) in [5.74, 6) is -0.463. The number of pyridine rings is 2. The first kappa shape index (κ1) is 18.8. The van der Waals surface area contributed by atoms with Gasteiger partial charge in [0.1, 0.15) is 5.54 Å². The average molecular weight is 364 g/mol. The Morgan fingerprint density at radius 1 is 1.15 bits per heavy atom. The maximum absolute atomic E-state index is 12.3. The summed E-state index contributed by atoms with van der Waals surface area (Å²) >= 11 is 0. The van der Waals surface area contributed by atoms with Crippen molar-refractivity contribution in [3.63, 3.8) is 0 Å². The van der Waals surface area contributed by atoms with Crippen LogP contribution in [0.1, 0.15) is 23.9 Å². The summed E-state index contributed by atoms with van der Waals surface area (Å²) < 4.78 is 0. The number of nitrogens with one attached hydrogen (secondary N) is 2. The third-order valence-corrected chi connectivity index (χ3v) is 4.49. The van der Waals surface area contributed by atoms with E-state index in [-0.39, 0.29) is 12.6 Å². The van der Waals surface area contributed by atoms with Crippen molar-refractivity contribution >= 4 is 5.91 Å². The first-order chi connectivity index (χ1) is 13.1. The monoisotopic (exact) mass is 364 g/mol. The molecule has 27 heavy (non-hydrogen) atoms. The topological polar surface area (TPSA) is 119 Å². The molecule has 0 spiro atoms. The number of carbonyl (C=O) groups excluding carboxylic acids is 1. The fraction of sp³-hybridized carbons (Fsp3) is 0.250. The van der Waals surface area contributed by atoms with Gasteiger partial charge in [0.2, 0.25) is 5.91 Å². The summed E-state index contributed by atoms with van der Waals surface area (Å²) in [4.78, 5) is 21.2. The van der Waals surface area contributed by atoms with Crippen LogP contribution in [0.3, 0.4) is 0 Å². The minimum atomic E-state index is -1.04. The van der Waals surface area contributed by atoms with Crippen molar-refractivity contribution in [2.45, 2.75) is 18.0 Å². The van der Waals surface area contributed by atoms with E-state index in [9.17, 15) is 4.79 Å². The van der Waals surface area contributed by atoms with Gasteiger partial charge < -0.3 is 22.1 Å². The summed E-state index contributed by atoms with van der Waals surface area (Å²) in [7, 11) is 0. The Balaban J connectivity index is 1.87. The van der Waals surface area contributed by atoms with E-state index < -0.39 is 11.4 Å². The Morgan fingerprint density at radius 3 is 2.33 bits per heavy atom. The smallest absolute Gasteiger partial charge is 0.248 e. The van der Waals surface area contributed by atoms with Crippen molar-refractivity contribution in [1.29, 1.82) is 0 Å². The van der Waals surface area contributed by atoms with Crippen LogP contribution in [0.2, 0.25) is 0 Å². The highest BCUT2D eigenvalue weighted by Gasteiger charge is 2.36. The molecule has 1 unspecified atom stereocenters. The Labute approximate surface area is 158 Å². The summed E-state index contributed by atoms with van der Waals surface area (Å²) in [6.45, 7) is 0.779. The van der Waals surface area contributed by atoms with Crippen molar-refractivity contribution < 1.29 is 4.79 Å². The lowest BCUT2D eigenvalue weighted by Gasteiger charge is -2.33. The van der Waals surface area contributed by atoms with Gasteiger partial charge in [-0.3, -0.25) is 14.8 Å². The Bertz CT molecular complexity index is 781. The van der Waals surface area contributed by atoms with Gasteiger partial charge in [0.25, 0.3) is 0 Å². The van der Waals surface area contributed by atoms with Gasteiger partial charge in [0.05, 0.1) is 17.4 Å². The highest BCUT2D eigenvalue weighted by Crippen LogP contribution is 2.22. The molecular formula is C20H24N6O. The molecule has 0 fully saturated rings. The fourth-order valence-corrected chi connectivity index (χ4v) is 3.07. The van der Waals surface area contributed by atoms with E-state index in [0.29, 0.717) is 13.0 Å². The fourth-order valence-electron chi connectivity index (χ4n) is 3.07. The van der Waals surface area contributed by atoms with Crippen molar-refractivity contribution in [1.82, 2.24) is 20.6 Å². The van der Waals surface area contributed by atoms with E-state index >= 15 is 0 Å². The zero-order valence-corrected chi connectivity index (χ0v) is 15.0. The van der Waals surface area contributed by atoms with E-state index in [1.54, 1.807) is 18.6 Å². The first-order valence-electron chi connectivity index (χ1n) is 8.86. The van der Waals surface area contributed by atoms with Gasteiger partial charge in [-0.2, -0.15) is 0 Å². The number of carbonyl (C=O) groups is 1. The molecule has 1 aliphatic heterocycles. The summed E-state index contributed by atoms with van der Waals surface area (Å²) in [6.07, 6.45) is 9.65. The summed E-state index contributed by atoms with van der Waals surface area (Å²) in [5.41, 5.74) is 13.0. The van der Waals surface area contributed by atoms with E-state index in [4.69, 9.17) is 11.5 Å². The number of aromatic nitrogens is 2. The van der Waals surface area contributed by atoms with E-state index in [1.807, 2.05) is 48.6 Å². The predicted octanol–water partition coefficient (Wildman–Crippen LogP) is 0.772. The second-order valence-corrected chi connectivity index (χ2v) is 6.39. The van der Waals surface area contributed by atoms with Crippen LogP contribution in [0, 0.1) is 0 Å². The number of amides is 1. The van der Waals surface area contributed by atoms with Crippen molar-refractivity contribution in [3.05, 3.63) is 84.1 Å². The number of nitrogens with zero attached hydrogens (tertiary/aromatic N) is 2. The zero-order valence-electron chi connectivity index (χ0n) is 15.0. The quantitative estimate of drug-likeness (QED) is 0.549. The molecule has 7 heteroatoms. The molecule has 0 aliphatic carbocycles. The standard InChI is InChI=1S/C20H24N6O/c21-9-7-15-8-12-26-20(13-15,19(22)27)14-25-18(16-5-1-3-10-23-16)17-6-2-4-11-24-17/h1-6,8,10-13,18,25-26H,7,9,14,21H2,(H2,22,27). The van der Waals surface area contributed by atoms with Crippen LogP contribution < -0.4 is 22.1 Å². The van der Waals surface area contributed by atoms with Crippen molar-refractivity contribution in [2.75, 3.05) is 13.1 Å². The number of hydrogen-bond acceptors (Lipinski definition) is 6. The largest absolute Gasteiger partial charge is 0.373 e. The molecule has 0 saturated carbocycles. The van der Waals surface area contributed by atoms with Gasteiger partial charge in [-0.15, -0.1) is 0 Å². The molecule has 0 saturated heterocycles. The molecule has 140 valence electrons. The molecule has 0 bridgehead atoms. The molecule has 3 rings (SSSR count). The lowest BCUT2D eigenvalue weighted by molar-refractivity contribution is -0.122. The molecule has 2 aromatic heterocycles. The Hall–Kier alpha value is -3.03. The van der Waals surface area contributed by atoms with Gasteiger partial charge in [-0.25, -0.2) is 0 Å². The van der Waals surface area contributed by atoms with Gasteiger partial charge in [0.15, 0.2) is 0 Å². The van der Waals surface area contributed by atoms with Crippen LogP contribution in [0.4, 0.5) is 0 Å². The van der Waals surface area contributed by atoms with Crippen LogP contribution in [-0.2, 0) is 4.79 Å². The molecule has 1 aliphatic rings. The molecule has 2 aromatic rings. The number of allylic oxidation sites excluding steroid dienone is 1. The maximum Gasteiger partial charge on any atom is 0.248 e. The molecular weight excluding hydrogens is 340 g/mol. The van der Waals surface area contributed by atoms with E-state index in [1.165, 1.54) is 0 Å². The highest BCUT2D eigenvalue weighted by molar-refractivity contribution is 5.88. The molecule has 0 radical (unpaired) electrons. The predicted molar refractivity (Wildman–Crippen MR) is 104 cm³/mol. The van der Waals surface area contributed by atoms with Crippen LogP contribution in [-0.4, -0.2) is 34.5 Å². The van der Waals surface area contributed by atoms with Crippen LogP contribution in [0.15, 0.2) is 72.7 Å². The van der Waals surface area contributed by atoms with Gasteiger partial charge >= 0.3 is 0 Å². The molecule has 0 aromatic carbocycles. The molecule has 7 nitrogen and oxygen atoms in total. The minimum Gasteiger partial charge on any atom is -0.373 e. The number of hydrogen-bond donors (Lipinski definition) is 4. The molecule has 3 heterocycles. The zero-order chi connectivity index (χ0) is 19.1. The lowest BCUT2D eigenvalue weighted by Crippen LogP contribution is -2.59. The normalized spacial score (nSPS) is 18.8. The number of rotatable bonds is 8. The third kappa shape index (κ3) is 4.39. The van der Waals surface area contributed by atoms with Gasteiger partial charge in [0, 0.05) is 18.9 Å². The molecule has 6 N–H and O–H groups in total. The van der Waals surface area contributed by atoms with Gasteiger partial charge in [-0.1, -0.05) is 12.1 Å². The Morgan fingerprint density at radius 2 is 1.81 bits per heavy atom. The second-order valence-electron chi connectivity index (χ2n) is 6.39. The lowest BCUT2D eigenvalue weighted by atomic mass is 9.91. The van der Waals surface area contributed by atoms with Crippen LogP contribution >= 0.6 is 0 Å². The van der Waals surface area contributed by atoms with Crippen LogP contribution in [0.25, 0.3) is 0 Å². The first-order valence-corrected chi connectivity index (χ1v) is 8.86. The minimum absolute atomic E-state index is 0.275. The average Bonchev–Trinajstić information content (AvgIpc) is 2.70. The second kappa shape index (κ2) is 8.57. The summed E-state index contributed by atoms with van der Waals surface area (Å²) in [6, 6.07) is 11.1.